The van der Waals surface area contributed by atoms with Gasteiger partial charge in [0, 0.05) is 16.8 Å². The van der Waals surface area contributed by atoms with Crippen LogP contribution in [0.2, 0.25) is 5.02 Å². The lowest BCUT2D eigenvalue weighted by atomic mass is 10.1. The lowest BCUT2D eigenvalue weighted by molar-refractivity contribution is -0.115. The molecular formula is C18H17ClN2O2S. The molecule has 0 saturated heterocycles. The van der Waals surface area contributed by atoms with Crippen molar-refractivity contribution in [3.8, 4) is 0 Å². The van der Waals surface area contributed by atoms with Gasteiger partial charge in [-0.3, -0.25) is 4.79 Å². The molecule has 6 heteroatoms. The van der Waals surface area contributed by atoms with Crippen molar-refractivity contribution in [3.63, 3.8) is 0 Å². The molecule has 124 valence electrons. The molecule has 0 fully saturated rings. The van der Waals surface area contributed by atoms with E-state index < -0.39 is 0 Å². The van der Waals surface area contributed by atoms with Crippen LogP contribution in [0.4, 0.5) is 5.69 Å². The predicted octanol–water partition coefficient (Wildman–Crippen LogP) is 5.22. The van der Waals surface area contributed by atoms with E-state index in [2.05, 4.69) is 10.3 Å². The van der Waals surface area contributed by atoms with Crippen LogP contribution in [0.15, 0.2) is 46.0 Å². The number of para-hydroxylation sites is 1. The number of nitrogens with zero attached hydrogens (tertiary/aromatic N) is 1. The smallest absolute Gasteiger partial charge is 0.257 e. The van der Waals surface area contributed by atoms with Gasteiger partial charge >= 0.3 is 0 Å². The highest BCUT2D eigenvalue weighted by Gasteiger charge is 2.19. The summed E-state index contributed by atoms with van der Waals surface area (Å²) in [6.07, 6.45) is 0. The summed E-state index contributed by atoms with van der Waals surface area (Å²) >= 11 is 7.23. The van der Waals surface area contributed by atoms with Crippen LogP contribution in [0, 0.1) is 13.8 Å². The number of carbonyl (C=O) groups is 1. The second-order valence-corrected chi connectivity index (χ2v) is 7.34. The Labute approximate surface area is 149 Å². The first-order chi connectivity index (χ1) is 11.4. The summed E-state index contributed by atoms with van der Waals surface area (Å²) in [6.45, 7) is 5.78. The molecule has 0 unspecified atom stereocenters. The number of halogens is 1. The molecule has 0 spiro atoms. The van der Waals surface area contributed by atoms with Crippen molar-refractivity contribution >= 4 is 46.1 Å². The van der Waals surface area contributed by atoms with Gasteiger partial charge in [0.15, 0.2) is 5.58 Å². The van der Waals surface area contributed by atoms with E-state index >= 15 is 0 Å². The number of carbonyl (C=O) groups excluding carboxylic acids is 1. The first kappa shape index (κ1) is 16.9. The minimum Gasteiger partial charge on any atom is -0.431 e. The third kappa shape index (κ3) is 3.57. The number of hydrogen-bond donors (Lipinski definition) is 1. The number of thioether (sulfide) groups is 1. The molecule has 0 aliphatic heterocycles. The highest BCUT2D eigenvalue weighted by atomic mass is 35.5. The lowest BCUT2D eigenvalue weighted by Gasteiger charge is -2.14. The topological polar surface area (TPSA) is 55.1 Å². The molecule has 3 rings (SSSR count). The molecule has 1 amide bonds. The van der Waals surface area contributed by atoms with Gasteiger partial charge in [-0.25, -0.2) is 4.98 Å². The van der Waals surface area contributed by atoms with Crippen molar-refractivity contribution in [3.05, 3.63) is 52.5 Å². The third-order valence-electron chi connectivity index (χ3n) is 3.71. The summed E-state index contributed by atoms with van der Waals surface area (Å²) in [5, 5.41) is 3.70. The molecule has 1 aromatic heterocycles. The molecule has 1 heterocycles. The minimum atomic E-state index is -0.340. The monoisotopic (exact) mass is 360 g/mol. The number of aryl methyl sites for hydroxylation is 2. The van der Waals surface area contributed by atoms with Gasteiger partial charge in [0.25, 0.3) is 5.22 Å². The van der Waals surface area contributed by atoms with Crippen LogP contribution in [0.3, 0.4) is 0 Å². The van der Waals surface area contributed by atoms with E-state index in [9.17, 15) is 4.79 Å². The molecule has 0 saturated carbocycles. The van der Waals surface area contributed by atoms with Crippen LogP contribution in [-0.4, -0.2) is 16.1 Å². The molecule has 1 atom stereocenters. The van der Waals surface area contributed by atoms with E-state index in [1.54, 1.807) is 18.2 Å². The minimum absolute atomic E-state index is 0.0855. The number of rotatable bonds is 4. The van der Waals surface area contributed by atoms with E-state index in [1.165, 1.54) is 11.8 Å². The van der Waals surface area contributed by atoms with Crippen molar-refractivity contribution in [2.45, 2.75) is 31.2 Å². The average Bonchev–Trinajstić information content (AvgIpc) is 2.92. The van der Waals surface area contributed by atoms with E-state index in [-0.39, 0.29) is 11.2 Å². The van der Waals surface area contributed by atoms with Crippen LogP contribution in [-0.2, 0) is 4.79 Å². The number of aromatic nitrogens is 1. The zero-order valence-corrected chi connectivity index (χ0v) is 15.2. The number of hydrogen-bond acceptors (Lipinski definition) is 4. The first-order valence-corrected chi connectivity index (χ1v) is 8.79. The Bertz CT molecular complexity index is 887. The zero-order chi connectivity index (χ0) is 17.3. The van der Waals surface area contributed by atoms with Gasteiger partial charge in [-0.15, -0.1) is 0 Å². The average molecular weight is 361 g/mol. The standard InChI is InChI=1S/C18H17ClN2O2S/c1-10-5-4-6-11(2)16(10)21-17(22)12(3)24-18-20-14-8-7-13(19)9-15(14)23-18/h4-9,12H,1-3H3,(H,21,22)/t12-/m1/s1. The largest absolute Gasteiger partial charge is 0.431 e. The van der Waals surface area contributed by atoms with Gasteiger partial charge in [0.1, 0.15) is 5.52 Å². The molecular weight excluding hydrogens is 344 g/mol. The Morgan fingerprint density at radius 2 is 1.96 bits per heavy atom. The first-order valence-electron chi connectivity index (χ1n) is 7.54. The molecule has 0 radical (unpaired) electrons. The van der Waals surface area contributed by atoms with Crippen molar-refractivity contribution in [1.82, 2.24) is 4.98 Å². The molecule has 2 aromatic carbocycles. The number of nitrogens with one attached hydrogen (secondary N) is 1. The molecule has 24 heavy (non-hydrogen) atoms. The summed E-state index contributed by atoms with van der Waals surface area (Å²) in [7, 11) is 0. The van der Waals surface area contributed by atoms with Gasteiger partial charge in [0.2, 0.25) is 5.91 Å². The summed E-state index contributed by atoms with van der Waals surface area (Å²) in [6, 6.07) is 11.2. The number of anilines is 1. The van der Waals surface area contributed by atoms with Crippen molar-refractivity contribution < 1.29 is 9.21 Å². The maximum absolute atomic E-state index is 12.5. The summed E-state index contributed by atoms with van der Waals surface area (Å²) < 4.78 is 5.65. The van der Waals surface area contributed by atoms with Crippen LogP contribution in [0.1, 0.15) is 18.1 Å². The van der Waals surface area contributed by atoms with Gasteiger partial charge in [0.05, 0.1) is 5.25 Å². The highest BCUT2D eigenvalue weighted by Crippen LogP contribution is 2.29. The Kier molecular flexibility index (Phi) is 4.83. The SMILES string of the molecule is Cc1cccc(C)c1NC(=O)[C@@H](C)Sc1nc2ccc(Cl)cc2o1. The summed E-state index contributed by atoms with van der Waals surface area (Å²) in [5.41, 5.74) is 4.28. The molecule has 0 aliphatic rings. The maximum atomic E-state index is 12.5. The number of benzene rings is 2. The lowest BCUT2D eigenvalue weighted by Crippen LogP contribution is -2.23. The predicted molar refractivity (Wildman–Crippen MR) is 98.9 cm³/mol. The number of oxazole rings is 1. The Balaban J connectivity index is 1.73. The fourth-order valence-electron chi connectivity index (χ4n) is 2.37. The molecule has 4 nitrogen and oxygen atoms in total. The van der Waals surface area contributed by atoms with Gasteiger partial charge in [-0.2, -0.15) is 0 Å². The van der Waals surface area contributed by atoms with Crippen molar-refractivity contribution in [2.75, 3.05) is 5.32 Å². The normalized spacial score (nSPS) is 12.3. The molecule has 0 aliphatic carbocycles. The quantitative estimate of drug-likeness (QED) is 0.648. The fourth-order valence-corrected chi connectivity index (χ4v) is 3.29. The van der Waals surface area contributed by atoms with Crippen LogP contribution in [0.5, 0.6) is 0 Å². The Morgan fingerprint density at radius 3 is 2.67 bits per heavy atom. The van der Waals surface area contributed by atoms with Crippen molar-refractivity contribution in [2.24, 2.45) is 0 Å². The second-order valence-electron chi connectivity index (χ2n) is 5.61. The molecule has 3 aromatic rings. The van der Waals surface area contributed by atoms with Crippen LogP contribution in [0.25, 0.3) is 11.1 Å². The maximum Gasteiger partial charge on any atom is 0.257 e. The van der Waals surface area contributed by atoms with Crippen LogP contribution < -0.4 is 5.32 Å². The third-order valence-corrected chi connectivity index (χ3v) is 4.89. The van der Waals surface area contributed by atoms with Gasteiger partial charge < -0.3 is 9.73 Å². The fraction of sp³-hybridized carbons (Fsp3) is 0.222. The molecule has 1 N–H and O–H groups in total. The Morgan fingerprint density at radius 1 is 1.25 bits per heavy atom. The highest BCUT2D eigenvalue weighted by molar-refractivity contribution is 8.00. The second kappa shape index (κ2) is 6.87. The summed E-state index contributed by atoms with van der Waals surface area (Å²) in [4.78, 5) is 16.8. The van der Waals surface area contributed by atoms with Crippen LogP contribution >= 0.6 is 23.4 Å². The van der Waals surface area contributed by atoms with E-state index in [4.69, 9.17) is 16.0 Å². The van der Waals surface area contributed by atoms with Gasteiger partial charge in [-0.1, -0.05) is 41.6 Å². The molecule has 0 bridgehead atoms. The Hall–Kier alpha value is -1.98. The number of amides is 1. The van der Waals surface area contributed by atoms with E-state index in [0.717, 1.165) is 22.3 Å². The van der Waals surface area contributed by atoms with E-state index in [0.29, 0.717) is 15.8 Å². The van der Waals surface area contributed by atoms with Crippen molar-refractivity contribution in [1.29, 1.82) is 0 Å². The zero-order valence-electron chi connectivity index (χ0n) is 13.6. The van der Waals surface area contributed by atoms with E-state index in [1.807, 2.05) is 39.0 Å². The summed E-state index contributed by atoms with van der Waals surface area (Å²) in [5.74, 6) is -0.0855. The number of fused-ring (bicyclic) bond motifs is 1. The van der Waals surface area contributed by atoms with Gasteiger partial charge in [-0.05, 0) is 44.0 Å².